The van der Waals surface area contributed by atoms with Crippen LogP contribution in [0.5, 0.6) is 0 Å². The van der Waals surface area contributed by atoms with Gasteiger partial charge in [0.05, 0.1) is 5.57 Å². The van der Waals surface area contributed by atoms with E-state index in [-0.39, 0.29) is 5.91 Å². The zero-order valence-electron chi connectivity index (χ0n) is 12.1. The minimum Gasteiger partial charge on any atom is -0.361 e. The summed E-state index contributed by atoms with van der Waals surface area (Å²) in [5.74, 6) is 0.551. The molecule has 0 unspecified atom stereocenters. The summed E-state index contributed by atoms with van der Waals surface area (Å²) in [5, 5.41) is 12.7. The molecule has 6 heteroatoms. The molecule has 0 fully saturated rings. The fraction of sp³-hybridized carbons (Fsp3) is 0. The number of hydrogen-bond donors (Lipinski definition) is 3. The van der Waals surface area contributed by atoms with E-state index in [9.17, 15) is 4.79 Å². The summed E-state index contributed by atoms with van der Waals surface area (Å²) in [5.41, 5.74) is 4.17. The maximum Gasteiger partial charge on any atom is 0.257 e. The number of H-pyrrole nitrogens is 1. The lowest BCUT2D eigenvalue weighted by atomic mass is 10.1. The highest BCUT2D eigenvalue weighted by Gasteiger charge is 2.23. The number of aromatic amines is 1. The van der Waals surface area contributed by atoms with Gasteiger partial charge in [0.15, 0.2) is 5.82 Å². The van der Waals surface area contributed by atoms with Crippen molar-refractivity contribution in [2.45, 2.75) is 0 Å². The Kier molecular flexibility index (Phi) is 3.12. The standard InChI is InChI=1S/C17H13N5O/c23-17-14(13-3-1-2-4-15(13)21-17)9-18-12-7-5-11(6-8-12)16-19-10-20-22-16/h1-10,18H,(H,21,23)(H,19,20,22). The van der Waals surface area contributed by atoms with Gasteiger partial charge >= 0.3 is 0 Å². The summed E-state index contributed by atoms with van der Waals surface area (Å²) in [6.07, 6.45) is 3.27. The molecule has 4 rings (SSSR count). The fourth-order valence-corrected chi connectivity index (χ4v) is 2.50. The number of nitrogens with one attached hydrogen (secondary N) is 3. The number of amides is 1. The summed E-state index contributed by atoms with van der Waals surface area (Å²) < 4.78 is 0. The summed E-state index contributed by atoms with van der Waals surface area (Å²) in [4.78, 5) is 16.1. The topological polar surface area (TPSA) is 82.7 Å². The van der Waals surface area contributed by atoms with Gasteiger partial charge in [0.2, 0.25) is 0 Å². The number of para-hydroxylation sites is 1. The highest BCUT2D eigenvalue weighted by Crippen LogP contribution is 2.31. The largest absolute Gasteiger partial charge is 0.361 e. The Morgan fingerprint density at radius 1 is 1.04 bits per heavy atom. The third-order valence-electron chi connectivity index (χ3n) is 3.65. The summed E-state index contributed by atoms with van der Waals surface area (Å²) in [6, 6.07) is 15.3. The van der Waals surface area contributed by atoms with Crippen LogP contribution in [0.2, 0.25) is 0 Å². The molecule has 0 radical (unpaired) electrons. The molecule has 0 atom stereocenters. The number of carbonyl (C=O) groups is 1. The SMILES string of the molecule is O=C1Nc2ccccc2C1=CNc1ccc(-c2nc[nH]n2)cc1. The van der Waals surface area contributed by atoms with Gasteiger partial charge in [-0.15, -0.1) is 0 Å². The lowest BCUT2D eigenvalue weighted by Crippen LogP contribution is -2.05. The molecule has 0 aliphatic carbocycles. The van der Waals surface area contributed by atoms with Crippen molar-refractivity contribution in [3.05, 3.63) is 66.6 Å². The highest BCUT2D eigenvalue weighted by atomic mass is 16.2. The molecule has 0 spiro atoms. The van der Waals surface area contributed by atoms with Gasteiger partial charge in [0, 0.05) is 28.7 Å². The molecule has 0 saturated carbocycles. The van der Waals surface area contributed by atoms with Crippen LogP contribution >= 0.6 is 0 Å². The van der Waals surface area contributed by atoms with E-state index in [0.29, 0.717) is 11.4 Å². The summed E-state index contributed by atoms with van der Waals surface area (Å²) in [7, 11) is 0. The first kappa shape index (κ1) is 13.3. The van der Waals surface area contributed by atoms with Crippen LogP contribution in [-0.4, -0.2) is 21.1 Å². The predicted molar refractivity (Wildman–Crippen MR) is 88.5 cm³/mol. The van der Waals surface area contributed by atoms with Crippen molar-refractivity contribution in [1.82, 2.24) is 15.2 Å². The van der Waals surface area contributed by atoms with Gasteiger partial charge in [-0.1, -0.05) is 18.2 Å². The zero-order chi connectivity index (χ0) is 15.6. The molecular formula is C17H13N5O. The molecule has 2 aromatic carbocycles. The van der Waals surface area contributed by atoms with Crippen LogP contribution in [0.4, 0.5) is 11.4 Å². The second kappa shape index (κ2) is 5.42. The Morgan fingerprint density at radius 3 is 2.65 bits per heavy atom. The summed E-state index contributed by atoms with van der Waals surface area (Å²) >= 11 is 0. The van der Waals surface area contributed by atoms with E-state index >= 15 is 0 Å². The Labute approximate surface area is 132 Å². The first-order chi connectivity index (χ1) is 11.3. The van der Waals surface area contributed by atoms with Gasteiger partial charge in [0.1, 0.15) is 6.33 Å². The Hall–Kier alpha value is -3.41. The lowest BCUT2D eigenvalue weighted by Gasteiger charge is -2.03. The Balaban J connectivity index is 1.56. The number of carbonyl (C=O) groups excluding carboxylic acids is 1. The minimum atomic E-state index is -0.101. The number of rotatable bonds is 3. The molecule has 1 aliphatic rings. The number of hydrogen-bond acceptors (Lipinski definition) is 4. The van der Waals surface area contributed by atoms with Crippen LogP contribution in [0.25, 0.3) is 17.0 Å². The van der Waals surface area contributed by atoms with Crippen LogP contribution in [-0.2, 0) is 4.79 Å². The van der Waals surface area contributed by atoms with E-state index in [1.165, 1.54) is 0 Å². The third kappa shape index (κ3) is 2.46. The van der Waals surface area contributed by atoms with Crippen molar-refractivity contribution in [3.63, 3.8) is 0 Å². The number of anilines is 2. The van der Waals surface area contributed by atoms with Gasteiger partial charge in [-0.25, -0.2) is 4.98 Å². The third-order valence-corrected chi connectivity index (χ3v) is 3.65. The molecule has 2 heterocycles. The molecule has 3 N–H and O–H groups in total. The van der Waals surface area contributed by atoms with Crippen LogP contribution in [0, 0.1) is 0 Å². The average Bonchev–Trinajstić information content (AvgIpc) is 3.21. The van der Waals surface area contributed by atoms with Gasteiger partial charge in [0.25, 0.3) is 5.91 Å². The first-order valence-electron chi connectivity index (χ1n) is 7.15. The van der Waals surface area contributed by atoms with Crippen molar-refractivity contribution in [3.8, 4) is 11.4 Å². The van der Waals surface area contributed by atoms with E-state index in [2.05, 4.69) is 25.8 Å². The molecule has 1 amide bonds. The van der Waals surface area contributed by atoms with Crippen LogP contribution in [0.3, 0.4) is 0 Å². The lowest BCUT2D eigenvalue weighted by molar-refractivity contribution is -0.110. The molecule has 1 aromatic heterocycles. The number of nitrogens with zero attached hydrogens (tertiary/aromatic N) is 2. The second-order valence-electron chi connectivity index (χ2n) is 5.10. The number of fused-ring (bicyclic) bond motifs is 1. The van der Waals surface area contributed by atoms with Gasteiger partial charge in [-0.2, -0.15) is 5.10 Å². The van der Waals surface area contributed by atoms with E-state index < -0.39 is 0 Å². The first-order valence-corrected chi connectivity index (χ1v) is 7.15. The molecule has 0 saturated heterocycles. The van der Waals surface area contributed by atoms with E-state index in [4.69, 9.17) is 0 Å². The quantitative estimate of drug-likeness (QED) is 0.650. The Bertz CT molecular complexity index is 882. The molecule has 23 heavy (non-hydrogen) atoms. The van der Waals surface area contributed by atoms with E-state index in [0.717, 1.165) is 22.5 Å². The molecule has 1 aliphatic heterocycles. The van der Waals surface area contributed by atoms with E-state index in [1.54, 1.807) is 12.5 Å². The summed E-state index contributed by atoms with van der Waals surface area (Å²) in [6.45, 7) is 0. The maximum absolute atomic E-state index is 12.0. The number of aromatic nitrogens is 3. The van der Waals surface area contributed by atoms with E-state index in [1.807, 2.05) is 48.5 Å². The normalized spacial score (nSPS) is 14.6. The van der Waals surface area contributed by atoms with Crippen molar-refractivity contribution >= 4 is 22.9 Å². The van der Waals surface area contributed by atoms with Gasteiger partial charge in [-0.3, -0.25) is 9.89 Å². The number of benzene rings is 2. The smallest absolute Gasteiger partial charge is 0.257 e. The van der Waals surface area contributed by atoms with Crippen molar-refractivity contribution in [2.24, 2.45) is 0 Å². The van der Waals surface area contributed by atoms with Crippen LogP contribution in [0.1, 0.15) is 5.56 Å². The molecule has 112 valence electrons. The van der Waals surface area contributed by atoms with Gasteiger partial charge in [-0.05, 0) is 30.3 Å². The molecule has 0 bridgehead atoms. The van der Waals surface area contributed by atoms with Crippen molar-refractivity contribution in [2.75, 3.05) is 10.6 Å². The molecule has 6 nitrogen and oxygen atoms in total. The molecular weight excluding hydrogens is 290 g/mol. The Morgan fingerprint density at radius 2 is 1.87 bits per heavy atom. The zero-order valence-corrected chi connectivity index (χ0v) is 12.1. The minimum absolute atomic E-state index is 0.101. The van der Waals surface area contributed by atoms with Crippen molar-refractivity contribution < 1.29 is 4.79 Å². The maximum atomic E-state index is 12.0. The second-order valence-corrected chi connectivity index (χ2v) is 5.10. The van der Waals surface area contributed by atoms with Crippen molar-refractivity contribution in [1.29, 1.82) is 0 Å². The predicted octanol–water partition coefficient (Wildman–Crippen LogP) is 2.88. The van der Waals surface area contributed by atoms with Crippen LogP contribution in [0.15, 0.2) is 61.1 Å². The molecule has 3 aromatic rings. The van der Waals surface area contributed by atoms with Crippen LogP contribution < -0.4 is 10.6 Å². The monoisotopic (exact) mass is 303 g/mol. The van der Waals surface area contributed by atoms with Gasteiger partial charge < -0.3 is 10.6 Å². The highest BCUT2D eigenvalue weighted by molar-refractivity contribution is 6.31. The average molecular weight is 303 g/mol. The fourth-order valence-electron chi connectivity index (χ4n) is 2.50.